The predicted molar refractivity (Wildman–Crippen MR) is 78.6 cm³/mol. The second-order valence-electron chi connectivity index (χ2n) is 5.95. The molecular formula is C14H21ClN2O3. The quantitative estimate of drug-likeness (QED) is 0.866. The molecule has 1 aliphatic rings. The van der Waals surface area contributed by atoms with Gasteiger partial charge in [-0.1, -0.05) is 38.8 Å². The van der Waals surface area contributed by atoms with E-state index >= 15 is 0 Å². The Labute approximate surface area is 122 Å². The lowest BCUT2D eigenvalue weighted by molar-refractivity contribution is -0.115. The van der Waals surface area contributed by atoms with Crippen molar-refractivity contribution in [3.8, 4) is 0 Å². The first kappa shape index (κ1) is 15.3. The molecule has 2 rings (SSSR count). The molecule has 0 spiro atoms. The van der Waals surface area contributed by atoms with Crippen molar-refractivity contribution in [2.75, 3.05) is 7.11 Å². The van der Waals surface area contributed by atoms with E-state index in [1.165, 1.54) is 4.57 Å². The van der Waals surface area contributed by atoms with E-state index in [2.05, 4.69) is 4.98 Å². The molecule has 0 amide bonds. The molecule has 1 aliphatic carbocycles. The zero-order valence-corrected chi connectivity index (χ0v) is 13.1. The van der Waals surface area contributed by atoms with E-state index in [1.807, 2.05) is 20.8 Å². The fraction of sp³-hybridized carbons (Fsp3) is 0.714. The van der Waals surface area contributed by atoms with E-state index in [9.17, 15) is 9.59 Å². The first-order chi connectivity index (χ1) is 9.34. The fourth-order valence-electron chi connectivity index (χ4n) is 3.01. The second kappa shape index (κ2) is 5.37. The van der Waals surface area contributed by atoms with Crippen molar-refractivity contribution in [2.24, 2.45) is 5.41 Å². The summed E-state index contributed by atoms with van der Waals surface area (Å²) >= 11 is 5.98. The van der Waals surface area contributed by atoms with Crippen molar-refractivity contribution < 1.29 is 4.74 Å². The normalized spacial score (nSPS) is 24.4. The van der Waals surface area contributed by atoms with E-state index in [4.69, 9.17) is 16.3 Å². The molecule has 1 N–H and O–H groups in total. The molecule has 1 aromatic heterocycles. The van der Waals surface area contributed by atoms with E-state index in [0.717, 1.165) is 6.42 Å². The maximum atomic E-state index is 12.5. The van der Waals surface area contributed by atoms with Gasteiger partial charge in [-0.2, -0.15) is 0 Å². The third-order valence-corrected chi connectivity index (χ3v) is 4.72. The minimum atomic E-state index is -0.438. The summed E-state index contributed by atoms with van der Waals surface area (Å²) in [6.45, 7) is 5.99. The molecule has 0 aliphatic heterocycles. The topological polar surface area (TPSA) is 64.1 Å². The Hall–Kier alpha value is -1.07. The molecule has 0 radical (unpaired) electrons. The molecule has 0 bridgehead atoms. The summed E-state index contributed by atoms with van der Waals surface area (Å²) in [7, 11) is 1.65. The highest BCUT2D eigenvalue weighted by Crippen LogP contribution is 2.49. The molecule has 6 heteroatoms. The molecule has 5 nitrogen and oxygen atoms in total. The van der Waals surface area contributed by atoms with Crippen LogP contribution < -0.4 is 11.2 Å². The van der Waals surface area contributed by atoms with Crippen molar-refractivity contribution in [1.82, 2.24) is 9.55 Å². The molecule has 20 heavy (non-hydrogen) atoms. The Kier molecular flexibility index (Phi) is 4.12. The number of nitrogens with one attached hydrogen (secondary N) is 1. The van der Waals surface area contributed by atoms with Crippen LogP contribution in [0.1, 0.15) is 45.2 Å². The van der Waals surface area contributed by atoms with Gasteiger partial charge in [-0.05, 0) is 12.8 Å². The molecule has 2 unspecified atom stereocenters. The summed E-state index contributed by atoms with van der Waals surface area (Å²) in [5, 5.41) is 0.165. The van der Waals surface area contributed by atoms with Gasteiger partial charge in [0, 0.05) is 12.5 Å². The number of nitrogens with zero attached hydrogens (tertiary/aromatic N) is 1. The fourth-order valence-corrected chi connectivity index (χ4v) is 3.27. The lowest BCUT2D eigenvalue weighted by Crippen LogP contribution is -2.57. The van der Waals surface area contributed by atoms with E-state index < -0.39 is 5.69 Å². The summed E-state index contributed by atoms with van der Waals surface area (Å²) in [5.74, 6) is 0. The van der Waals surface area contributed by atoms with Crippen LogP contribution in [0.5, 0.6) is 0 Å². The first-order valence-electron chi connectivity index (χ1n) is 6.90. The molecular weight excluding hydrogens is 280 g/mol. The lowest BCUT2D eigenvalue weighted by Gasteiger charge is -2.51. The molecule has 1 aromatic rings. The average molecular weight is 301 g/mol. The number of aromatic nitrogens is 2. The summed E-state index contributed by atoms with van der Waals surface area (Å²) in [6.07, 6.45) is 2.09. The molecule has 0 aromatic carbocycles. The van der Waals surface area contributed by atoms with Gasteiger partial charge < -0.3 is 4.74 Å². The molecule has 0 saturated heterocycles. The molecule has 1 heterocycles. The first-order valence-corrected chi connectivity index (χ1v) is 7.28. The Bertz CT molecular complexity index is 618. The van der Waals surface area contributed by atoms with Gasteiger partial charge in [0.25, 0.3) is 5.56 Å². The van der Waals surface area contributed by atoms with Crippen LogP contribution >= 0.6 is 11.6 Å². The largest absolute Gasteiger partial charge is 0.381 e. The highest BCUT2D eigenvalue weighted by Gasteiger charge is 2.50. The van der Waals surface area contributed by atoms with Crippen molar-refractivity contribution in [1.29, 1.82) is 0 Å². The number of halogens is 1. The SMILES string of the molecule is CCCc1c(Cl)[nH]c(=O)n(C2CC(OC)C2(C)C)c1=O. The van der Waals surface area contributed by atoms with Gasteiger partial charge in [0.2, 0.25) is 0 Å². The number of H-pyrrole nitrogens is 1. The molecule has 1 saturated carbocycles. The van der Waals surface area contributed by atoms with Crippen molar-refractivity contribution in [3.63, 3.8) is 0 Å². The third kappa shape index (κ3) is 2.23. The number of ether oxygens (including phenoxy) is 1. The van der Waals surface area contributed by atoms with Gasteiger partial charge in [0.15, 0.2) is 0 Å². The maximum absolute atomic E-state index is 12.5. The van der Waals surface area contributed by atoms with Gasteiger partial charge in [-0.3, -0.25) is 14.3 Å². The van der Waals surface area contributed by atoms with Crippen LogP contribution in [0.15, 0.2) is 9.59 Å². The van der Waals surface area contributed by atoms with Crippen molar-refractivity contribution in [3.05, 3.63) is 31.6 Å². The minimum absolute atomic E-state index is 0.0594. The van der Waals surface area contributed by atoms with E-state index in [0.29, 0.717) is 18.4 Å². The summed E-state index contributed by atoms with van der Waals surface area (Å²) < 4.78 is 6.69. The Balaban J connectivity index is 2.52. The third-order valence-electron chi connectivity index (χ3n) is 4.40. The van der Waals surface area contributed by atoms with Crippen LogP contribution in [-0.2, 0) is 11.2 Å². The number of hydrogen-bond acceptors (Lipinski definition) is 3. The minimum Gasteiger partial charge on any atom is -0.381 e. The Morgan fingerprint density at radius 2 is 2.10 bits per heavy atom. The summed E-state index contributed by atoms with van der Waals surface area (Å²) in [6, 6.07) is -0.156. The zero-order chi connectivity index (χ0) is 15.1. The highest BCUT2D eigenvalue weighted by molar-refractivity contribution is 6.30. The summed E-state index contributed by atoms with van der Waals surface area (Å²) in [4.78, 5) is 27.2. The zero-order valence-electron chi connectivity index (χ0n) is 12.3. The van der Waals surface area contributed by atoms with Crippen molar-refractivity contribution in [2.45, 2.75) is 52.2 Å². The standard InChI is InChI=1S/C14H21ClN2O3/c1-5-6-8-11(15)16-13(19)17(12(8)18)9-7-10(20-4)14(9,2)3/h9-10H,5-7H2,1-4H3,(H,16,19). The van der Waals surface area contributed by atoms with Crippen LogP contribution in [0.25, 0.3) is 0 Å². The van der Waals surface area contributed by atoms with Crippen LogP contribution in [-0.4, -0.2) is 22.8 Å². The average Bonchev–Trinajstić information content (AvgIpc) is 2.37. The van der Waals surface area contributed by atoms with Crippen LogP contribution in [0.3, 0.4) is 0 Å². The van der Waals surface area contributed by atoms with Gasteiger partial charge in [0.05, 0.1) is 17.7 Å². The van der Waals surface area contributed by atoms with E-state index in [1.54, 1.807) is 7.11 Å². The highest BCUT2D eigenvalue weighted by atomic mass is 35.5. The van der Waals surface area contributed by atoms with Crippen molar-refractivity contribution >= 4 is 11.6 Å². The molecule has 2 atom stereocenters. The van der Waals surface area contributed by atoms with Gasteiger partial charge >= 0.3 is 5.69 Å². The number of methoxy groups -OCH3 is 1. The predicted octanol–water partition coefficient (Wildman–Crippen LogP) is 2.13. The van der Waals surface area contributed by atoms with Crippen LogP contribution in [0.4, 0.5) is 0 Å². The molecule has 1 fully saturated rings. The van der Waals surface area contributed by atoms with Gasteiger partial charge in [-0.15, -0.1) is 0 Å². The number of rotatable bonds is 4. The van der Waals surface area contributed by atoms with Crippen LogP contribution in [0, 0.1) is 5.41 Å². The Morgan fingerprint density at radius 3 is 2.60 bits per heavy atom. The maximum Gasteiger partial charge on any atom is 0.329 e. The number of hydrogen-bond donors (Lipinski definition) is 1. The van der Waals surface area contributed by atoms with Gasteiger partial charge in [-0.25, -0.2) is 4.79 Å². The lowest BCUT2D eigenvalue weighted by atomic mass is 9.64. The number of aromatic amines is 1. The van der Waals surface area contributed by atoms with E-state index in [-0.39, 0.29) is 28.3 Å². The second-order valence-corrected chi connectivity index (χ2v) is 6.32. The Morgan fingerprint density at radius 1 is 1.45 bits per heavy atom. The van der Waals surface area contributed by atoms with Gasteiger partial charge in [0.1, 0.15) is 5.15 Å². The molecule has 112 valence electrons. The summed E-state index contributed by atoms with van der Waals surface area (Å²) in [5.41, 5.74) is -0.464. The van der Waals surface area contributed by atoms with Crippen LogP contribution in [0.2, 0.25) is 5.15 Å². The monoisotopic (exact) mass is 300 g/mol. The smallest absolute Gasteiger partial charge is 0.329 e.